The van der Waals surface area contributed by atoms with Gasteiger partial charge >= 0.3 is 27.1 Å². The van der Waals surface area contributed by atoms with Gasteiger partial charge in [0.25, 0.3) is 0 Å². The zero-order valence-corrected chi connectivity index (χ0v) is 25.6. The molecule has 5 aromatic rings. The summed E-state index contributed by atoms with van der Waals surface area (Å²) in [6.45, 7) is 2.06. The van der Waals surface area contributed by atoms with E-state index in [0.29, 0.717) is 22.8 Å². The van der Waals surface area contributed by atoms with Crippen LogP contribution in [0.5, 0.6) is 0 Å². The maximum absolute atomic E-state index is 11.7. The Bertz CT molecular complexity index is 1800. The Kier molecular flexibility index (Phi) is 10.3. The predicted molar refractivity (Wildman–Crippen MR) is 161 cm³/mol. The number of hydrogen-bond acceptors (Lipinski definition) is 6. The van der Waals surface area contributed by atoms with E-state index < -0.39 is 7.60 Å². The number of aromatic nitrogens is 5. The summed E-state index contributed by atoms with van der Waals surface area (Å²) < 4.78 is 13.3. The van der Waals surface area contributed by atoms with Gasteiger partial charge in [0.15, 0.2) is 18.0 Å². The second-order valence-corrected chi connectivity index (χ2v) is 10.8. The van der Waals surface area contributed by atoms with Gasteiger partial charge in [-0.15, -0.1) is 0 Å². The van der Waals surface area contributed by atoms with Crippen LogP contribution in [0.25, 0.3) is 34.2 Å². The summed E-state index contributed by atoms with van der Waals surface area (Å²) >= 11 is 0. The minimum atomic E-state index is -4.43. The summed E-state index contributed by atoms with van der Waals surface area (Å²) in [5, 5.41) is -0.115. The summed E-state index contributed by atoms with van der Waals surface area (Å²) in [5.41, 5.74) is 6.58. The molecule has 0 spiro atoms. The van der Waals surface area contributed by atoms with Crippen molar-refractivity contribution in [2.75, 3.05) is 0 Å². The molecule has 6 heterocycles. The number of allylic oxidation sites excluding steroid dienone is 3. The Balaban J connectivity index is 0.000000195. The Labute approximate surface area is 262 Å². The van der Waals surface area contributed by atoms with Crippen LogP contribution >= 0.6 is 7.60 Å². The second-order valence-electron chi connectivity index (χ2n) is 9.18. The van der Waals surface area contributed by atoms with Gasteiger partial charge in [-0.25, -0.2) is 9.98 Å². The van der Waals surface area contributed by atoms with E-state index in [1.807, 2.05) is 48.5 Å². The molecule has 5 aromatic heterocycles. The van der Waals surface area contributed by atoms with Gasteiger partial charge in [-0.2, -0.15) is 0 Å². The molecule has 0 saturated heterocycles. The van der Waals surface area contributed by atoms with Gasteiger partial charge in [0.05, 0.1) is 40.0 Å². The van der Waals surface area contributed by atoms with Crippen molar-refractivity contribution >= 4 is 18.6 Å². The van der Waals surface area contributed by atoms with Gasteiger partial charge in [-0.3, -0.25) is 19.5 Å². The fourth-order valence-corrected chi connectivity index (χ4v) is 4.67. The van der Waals surface area contributed by atoms with Gasteiger partial charge in [0.2, 0.25) is 0 Å². The van der Waals surface area contributed by atoms with Crippen LogP contribution in [0, 0.1) is 20.0 Å². The quantitative estimate of drug-likeness (QED) is 0.120. The number of rotatable bonds is 5. The van der Waals surface area contributed by atoms with Crippen LogP contribution in [0.1, 0.15) is 11.3 Å². The maximum atomic E-state index is 11.7. The van der Waals surface area contributed by atoms with Crippen molar-refractivity contribution < 1.29 is 38.4 Å². The molecule has 11 heteroatoms. The summed E-state index contributed by atoms with van der Waals surface area (Å²) in [5.74, 6) is 0. The van der Waals surface area contributed by atoms with Crippen molar-refractivity contribution in [3.63, 3.8) is 0 Å². The molecule has 0 aromatic carbocycles. The molecular weight excluding hydrogens is 648 g/mol. The summed E-state index contributed by atoms with van der Waals surface area (Å²) in [6, 6.07) is 23.8. The van der Waals surface area contributed by atoms with Crippen LogP contribution in [0.4, 0.5) is 0 Å². The zero-order chi connectivity index (χ0) is 29.5. The third-order valence-electron chi connectivity index (χ3n) is 6.05. The Hall–Kier alpha value is -4.55. The molecule has 0 atom stereocenters. The van der Waals surface area contributed by atoms with E-state index >= 15 is 0 Å². The first kappa shape index (κ1) is 31.4. The Morgan fingerprint density at radius 2 is 1.40 bits per heavy atom. The third-order valence-corrected chi connectivity index (χ3v) is 6.98. The van der Waals surface area contributed by atoms with Crippen molar-refractivity contribution in [3.8, 4) is 34.2 Å². The van der Waals surface area contributed by atoms with Gasteiger partial charge in [0, 0.05) is 19.4 Å². The van der Waals surface area contributed by atoms with E-state index in [2.05, 4.69) is 45.0 Å². The molecular formula is C32H26N6O3PRu+2. The van der Waals surface area contributed by atoms with Gasteiger partial charge in [-0.1, -0.05) is 24.3 Å². The molecule has 1 aliphatic heterocycles. The van der Waals surface area contributed by atoms with Crippen LogP contribution in [-0.2, 0) is 24.0 Å². The van der Waals surface area contributed by atoms with Gasteiger partial charge < -0.3 is 14.4 Å². The first-order chi connectivity index (χ1) is 20.3. The number of nitrogens with zero attached hydrogens (tertiary/aromatic N) is 6. The van der Waals surface area contributed by atoms with E-state index in [4.69, 9.17) is 0 Å². The molecule has 0 aliphatic carbocycles. The molecule has 0 bridgehead atoms. The number of aryl methyl sites for hydroxylation is 1. The molecule has 1 aliphatic rings. The minimum Gasteiger partial charge on any atom is -0.332 e. The molecule has 6 rings (SSSR count). The van der Waals surface area contributed by atoms with Crippen LogP contribution < -0.4 is 9.87 Å². The van der Waals surface area contributed by atoms with Gasteiger partial charge in [0.1, 0.15) is 23.5 Å². The first-order valence-electron chi connectivity index (χ1n) is 12.8. The molecule has 0 unspecified atom stereocenters. The molecule has 0 amide bonds. The Morgan fingerprint density at radius 3 is 1.93 bits per heavy atom. The first-order valence-corrected chi connectivity index (χ1v) is 14.4. The van der Waals surface area contributed by atoms with Crippen LogP contribution in [0.3, 0.4) is 0 Å². The Morgan fingerprint density at radius 1 is 0.791 bits per heavy atom. The molecule has 0 fully saturated rings. The van der Waals surface area contributed by atoms with Crippen molar-refractivity contribution in [2.24, 2.45) is 4.99 Å². The monoisotopic (exact) mass is 675 g/mol. The minimum absolute atomic E-state index is 0. The summed E-state index contributed by atoms with van der Waals surface area (Å²) in [4.78, 5) is 41.0. The number of hydrogen-bond donors (Lipinski definition) is 2. The van der Waals surface area contributed by atoms with Crippen molar-refractivity contribution in [2.45, 2.75) is 6.92 Å². The topological polar surface area (TPSA) is 125 Å². The molecule has 0 saturated carbocycles. The van der Waals surface area contributed by atoms with Crippen molar-refractivity contribution in [3.05, 3.63) is 140 Å². The number of pyridine rings is 5. The van der Waals surface area contributed by atoms with Crippen LogP contribution in [-0.4, -0.2) is 35.4 Å². The molecule has 9 nitrogen and oxygen atoms in total. The average Bonchev–Trinajstić information content (AvgIpc) is 3.02. The molecule has 1 radical (unpaired) electrons. The second kappa shape index (κ2) is 14.1. The van der Waals surface area contributed by atoms with Crippen molar-refractivity contribution in [1.82, 2.24) is 19.9 Å². The van der Waals surface area contributed by atoms with Crippen LogP contribution in [0.15, 0.2) is 121 Å². The summed E-state index contributed by atoms with van der Waals surface area (Å²) in [7, 11) is -0.580. The van der Waals surface area contributed by atoms with E-state index in [1.54, 1.807) is 53.5 Å². The molecule has 43 heavy (non-hydrogen) atoms. The van der Waals surface area contributed by atoms with Gasteiger partial charge in [-0.05, 0) is 67.1 Å². The third kappa shape index (κ3) is 8.05. The normalized spacial score (nSPS) is 11.8. The van der Waals surface area contributed by atoms with Crippen molar-refractivity contribution in [1.29, 1.82) is 0 Å². The maximum Gasteiger partial charge on any atom is 1.00 e. The van der Waals surface area contributed by atoms with E-state index in [1.165, 1.54) is 18.3 Å². The molecule has 213 valence electrons. The summed E-state index contributed by atoms with van der Waals surface area (Å²) in [6.07, 6.45) is 12.9. The fourth-order valence-electron chi connectivity index (χ4n) is 4.09. The SMILES string of the molecule is Cc1cc(-c2ccccn2)nc(-c2ccccn2)c1.[CH2-][n+]1ccccc1-c1cc(P(=O)(O)O)cc(C2=NC=[C+]C=C2)n1.[Ru+]. The van der Waals surface area contributed by atoms with E-state index in [9.17, 15) is 14.4 Å². The smallest absolute Gasteiger partial charge is 0.332 e. The van der Waals surface area contributed by atoms with E-state index in [-0.39, 0.29) is 24.8 Å². The average molecular weight is 675 g/mol. The fraction of sp³-hybridized carbons (Fsp3) is 0.0312. The number of aliphatic imine (C=N–C) groups is 1. The predicted octanol–water partition coefficient (Wildman–Crippen LogP) is 4.67. The zero-order valence-electron chi connectivity index (χ0n) is 23.0. The standard InChI is InChI=1S/C16H12N3O3P.C16H13N3.Ru/c1-19-9-5-3-7-16(19)15-11-12(23(20,21)22)10-14(18-15)13-6-2-4-8-17-13;1-12-10-15(13-6-2-4-8-17-13)19-16(11-12)14-7-3-5-9-18-14;/h2-3,5-11H,1H2,(H-,20,21,22);2-11H,1H3;/q;;+1/p+1. The largest absolute Gasteiger partial charge is 1.00 e. The van der Waals surface area contributed by atoms with Crippen LogP contribution in [0.2, 0.25) is 0 Å². The molecule has 2 N–H and O–H groups in total. The van der Waals surface area contributed by atoms with E-state index in [0.717, 1.165) is 28.3 Å².